The Bertz CT molecular complexity index is 2660. The highest BCUT2D eigenvalue weighted by atomic mass is 19.1. The van der Waals surface area contributed by atoms with E-state index in [1.165, 1.54) is 11.8 Å². The van der Waals surface area contributed by atoms with Crippen LogP contribution >= 0.6 is 0 Å². The topological polar surface area (TPSA) is 143 Å². The normalized spacial score (nSPS) is 21.6. The summed E-state index contributed by atoms with van der Waals surface area (Å²) in [5.41, 5.74) is 3.92. The molecule has 10 rings (SSSR count). The minimum absolute atomic E-state index is 0.00790. The number of halogens is 2. The molecule has 5 aliphatic heterocycles. The molecule has 0 radical (unpaired) electrons. The van der Waals surface area contributed by atoms with Gasteiger partial charge in [0.15, 0.2) is 11.6 Å². The van der Waals surface area contributed by atoms with Crippen LogP contribution in [0.5, 0.6) is 0 Å². The fraction of sp³-hybridized carbons (Fsp3) is 0.549. The molecule has 0 bridgehead atoms. The van der Waals surface area contributed by atoms with Crippen LogP contribution in [-0.4, -0.2) is 148 Å². The van der Waals surface area contributed by atoms with E-state index in [0.717, 1.165) is 133 Å². The number of anilines is 2. The summed E-state index contributed by atoms with van der Waals surface area (Å²) in [6, 6.07) is 4.64. The molecule has 0 spiro atoms. The summed E-state index contributed by atoms with van der Waals surface area (Å²) in [4.78, 5) is 79.4. The number of aryl methyl sites for hydroxylation is 1. The van der Waals surface area contributed by atoms with E-state index in [1.54, 1.807) is 15.7 Å². The monoisotopic (exact) mass is 932 g/mol. The van der Waals surface area contributed by atoms with Gasteiger partial charge in [0.1, 0.15) is 29.0 Å². The maximum Gasteiger partial charge on any atom is 0.263 e. The van der Waals surface area contributed by atoms with E-state index in [0.29, 0.717) is 61.0 Å². The molecule has 4 aromatic rings. The summed E-state index contributed by atoms with van der Waals surface area (Å²) >= 11 is 0. The Morgan fingerprint density at radius 2 is 1.53 bits per heavy atom. The Kier molecular flexibility index (Phi) is 13.1. The fourth-order valence-corrected chi connectivity index (χ4v) is 11.7. The lowest BCUT2D eigenvalue weighted by molar-refractivity contribution is -0.126. The number of piperidine rings is 2. The molecule has 1 N–H and O–H groups in total. The fourth-order valence-electron chi connectivity index (χ4n) is 11.7. The van der Waals surface area contributed by atoms with E-state index in [1.807, 2.05) is 19.2 Å². The average Bonchev–Trinajstić information content (AvgIpc) is 3.98. The molecule has 1 unspecified atom stereocenters. The van der Waals surface area contributed by atoms with Gasteiger partial charge in [0.2, 0.25) is 5.91 Å². The van der Waals surface area contributed by atoms with Crippen LogP contribution in [0.3, 0.4) is 0 Å². The lowest BCUT2D eigenvalue weighted by Crippen LogP contribution is -2.50. The van der Waals surface area contributed by atoms with Gasteiger partial charge in [-0.15, -0.1) is 0 Å². The van der Waals surface area contributed by atoms with Crippen molar-refractivity contribution in [1.29, 1.82) is 0 Å². The number of benzene rings is 1. The third-order valence-electron chi connectivity index (χ3n) is 15.6. The van der Waals surface area contributed by atoms with E-state index >= 15 is 8.78 Å². The van der Waals surface area contributed by atoms with Crippen molar-refractivity contribution in [3.05, 3.63) is 98.6 Å². The first-order valence-electron chi connectivity index (χ1n) is 24.7. The third-order valence-corrected chi connectivity index (χ3v) is 15.6. The van der Waals surface area contributed by atoms with Crippen LogP contribution < -0.4 is 20.7 Å². The van der Waals surface area contributed by atoms with Crippen LogP contribution in [0.15, 0.2) is 47.7 Å². The molecule has 3 aromatic heterocycles. The smallest absolute Gasteiger partial charge is 0.263 e. The number of hydrogen-bond acceptors (Lipinski definition) is 12. The Hall–Kier alpha value is -5.65. The quantitative estimate of drug-likeness (QED) is 0.189. The van der Waals surface area contributed by atoms with Crippen molar-refractivity contribution >= 4 is 40.0 Å². The Morgan fingerprint density at radius 3 is 2.21 bits per heavy atom. The van der Waals surface area contributed by atoms with Crippen molar-refractivity contribution in [2.24, 2.45) is 5.92 Å². The van der Waals surface area contributed by atoms with Crippen LogP contribution in [-0.2, 0) is 17.8 Å². The molecular weight excluding hydrogens is 869 g/mol. The number of carbonyl (C=O) groups is 3. The molecule has 5 fully saturated rings. The minimum Gasteiger partial charge on any atom is -0.368 e. The van der Waals surface area contributed by atoms with Gasteiger partial charge in [0, 0.05) is 107 Å². The van der Waals surface area contributed by atoms with E-state index in [9.17, 15) is 19.2 Å². The number of allylic oxidation sites excluding steroid dienone is 1. The number of pyridine rings is 2. The van der Waals surface area contributed by atoms with Crippen molar-refractivity contribution in [1.82, 2.24) is 44.4 Å². The molecule has 2 amide bonds. The van der Waals surface area contributed by atoms with Crippen LogP contribution in [0.2, 0.25) is 0 Å². The minimum atomic E-state index is -0.731. The van der Waals surface area contributed by atoms with Crippen molar-refractivity contribution in [3.63, 3.8) is 0 Å². The number of amides is 2. The predicted octanol–water partition coefficient (Wildman–Crippen LogP) is 5.09. The first-order chi connectivity index (χ1) is 32.9. The Balaban J connectivity index is 0.652. The third kappa shape index (κ3) is 9.16. The second-order valence-electron chi connectivity index (χ2n) is 19.9. The van der Waals surface area contributed by atoms with Crippen LogP contribution in [0.4, 0.5) is 20.2 Å². The number of nitrogens with one attached hydrogen (secondary N) is 1. The first kappa shape index (κ1) is 46.1. The summed E-state index contributed by atoms with van der Waals surface area (Å²) < 4.78 is 33.3. The molecular formula is C51H63F2N11O4. The van der Waals surface area contributed by atoms with Gasteiger partial charge in [-0.25, -0.2) is 18.7 Å². The van der Waals surface area contributed by atoms with Crippen LogP contribution in [0, 0.1) is 24.5 Å². The number of carbonyl (C=O) groups excluding carboxylic acids is 3. The van der Waals surface area contributed by atoms with Crippen molar-refractivity contribution in [2.75, 3.05) is 94.9 Å². The van der Waals surface area contributed by atoms with Crippen molar-refractivity contribution in [3.8, 4) is 0 Å². The zero-order chi connectivity index (χ0) is 47.2. The molecule has 4 saturated heterocycles. The summed E-state index contributed by atoms with van der Waals surface area (Å²) in [6.45, 7) is 18.6. The maximum atomic E-state index is 16.0. The Labute approximate surface area is 396 Å². The first-order valence-corrected chi connectivity index (χ1v) is 24.7. The summed E-state index contributed by atoms with van der Waals surface area (Å²) in [5, 5.41) is 3.44. The number of ketones is 1. The van der Waals surface area contributed by atoms with Crippen LogP contribution in [0.1, 0.15) is 108 Å². The Morgan fingerprint density at radius 1 is 0.838 bits per heavy atom. The second kappa shape index (κ2) is 19.4. The van der Waals surface area contributed by atoms with Gasteiger partial charge in [0.25, 0.3) is 11.5 Å². The average molecular weight is 932 g/mol. The molecule has 1 saturated carbocycles. The van der Waals surface area contributed by atoms with Gasteiger partial charge >= 0.3 is 0 Å². The van der Waals surface area contributed by atoms with Gasteiger partial charge in [0.05, 0.1) is 36.0 Å². The molecule has 1 aromatic carbocycles. The summed E-state index contributed by atoms with van der Waals surface area (Å²) in [7, 11) is 0. The molecule has 1 aliphatic carbocycles. The number of nitrogens with zero attached hydrogens (tertiary/aromatic N) is 10. The SMILES string of the molecule is C=C1CCC(N2Cc3c(cc(F)c(N4CCN(CC5CCN(CCN6CCN(c7ccc(Cc8ncc9c(C)c(C(C)=O)c(=O)n(C%10CCCC%10)c9n8)nc7)CC6)CC5)CC4)c3F)C2=O)C(=O)N1. The molecule has 6 aliphatic rings. The predicted molar refractivity (Wildman–Crippen MR) is 256 cm³/mol. The van der Waals surface area contributed by atoms with Gasteiger partial charge in [-0.1, -0.05) is 19.4 Å². The number of fused-ring (bicyclic) bond motifs is 2. The lowest BCUT2D eigenvalue weighted by atomic mass is 9.96. The molecule has 68 heavy (non-hydrogen) atoms. The number of piperazine rings is 2. The summed E-state index contributed by atoms with van der Waals surface area (Å²) in [6.07, 6.45) is 11.3. The molecule has 360 valence electrons. The standard InChI is InChI=1S/C51H63F2N11O4/c1-32-8-11-43(49(66)56-32)63-31-41-39(50(63)67)27-42(52)47(46(41)53)62-24-20-60(21-25-62)30-35-12-14-58(15-13-35)16-17-59-18-22-61(23-19-59)38-10-9-36(54-28-38)26-44-55-29-40-33(2)45(34(3)65)51(68)64(48(40)57-44)37-6-4-5-7-37/h9-10,27-29,35,37,43H,1,4-8,11-26,30-31H2,2-3H3,(H,56,66). The number of likely N-dealkylation sites (tertiary alicyclic amines) is 1. The van der Waals surface area contributed by atoms with E-state index in [2.05, 4.69) is 42.5 Å². The van der Waals surface area contributed by atoms with Gasteiger partial charge in [-0.2, -0.15) is 0 Å². The second-order valence-corrected chi connectivity index (χ2v) is 19.9. The van der Waals surface area contributed by atoms with Crippen molar-refractivity contribution in [2.45, 2.75) is 90.3 Å². The van der Waals surface area contributed by atoms with E-state index in [4.69, 9.17) is 9.97 Å². The molecule has 8 heterocycles. The van der Waals surface area contributed by atoms with Gasteiger partial charge < -0.3 is 24.9 Å². The number of rotatable bonds is 12. The zero-order valence-corrected chi connectivity index (χ0v) is 39.5. The van der Waals surface area contributed by atoms with Gasteiger partial charge in [-0.3, -0.25) is 38.5 Å². The zero-order valence-electron chi connectivity index (χ0n) is 39.5. The number of Topliss-reactive ketones (excluding diaryl/α,β-unsaturated/α-hetero) is 1. The highest BCUT2D eigenvalue weighted by molar-refractivity contribution is 6.02. The highest BCUT2D eigenvalue weighted by Gasteiger charge is 2.41. The van der Waals surface area contributed by atoms with Crippen LogP contribution in [0.25, 0.3) is 11.0 Å². The van der Waals surface area contributed by atoms with Crippen molar-refractivity contribution < 1.29 is 23.2 Å². The largest absolute Gasteiger partial charge is 0.368 e. The number of hydrogen-bond donors (Lipinski definition) is 1. The molecule has 1 atom stereocenters. The molecule has 17 heteroatoms. The maximum absolute atomic E-state index is 16.0. The molecule has 15 nitrogen and oxygen atoms in total. The highest BCUT2D eigenvalue weighted by Crippen LogP contribution is 2.37. The summed E-state index contributed by atoms with van der Waals surface area (Å²) in [5.74, 6) is -1.29. The number of aromatic nitrogens is 4. The van der Waals surface area contributed by atoms with E-state index in [-0.39, 0.29) is 52.2 Å². The van der Waals surface area contributed by atoms with E-state index < -0.39 is 23.6 Å². The van der Waals surface area contributed by atoms with Gasteiger partial charge in [-0.05, 0) is 95.1 Å². The lowest BCUT2D eigenvalue weighted by Gasteiger charge is -2.40.